The maximum Gasteiger partial charge on any atom is 0.271 e. The van der Waals surface area contributed by atoms with E-state index in [1.807, 2.05) is 37.3 Å². The molecule has 0 aliphatic rings. The van der Waals surface area contributed by atoms with Gasteiger partial charge >= 0.3 is 0 Å². The zero-order valence-corrected chi connectivity index (χ0v) is 23.5. The first-order valence-corrected chi connectivity index (χ1v) is 14.6. The monoisotopic (exact) mass is 570 g/mol. The largest absolute Gasteiger partial charge is 0.484 e. The molecule has 9 nitrogen and oxygen atoms in total. The van der Waals surface area contributed by atoms with Crippen LogP contribution in [0.2, 0.25) is 0 Å². The molecule has 2 amide bonds. The van der Waals surface area contributed by atoms with Crippen LogP contribution in [-0.2, 0) is 21.4 Å². The Morgan fingerprint density at radius 3 is 2.17 bits per heavy atom. The number of benzene rings is 4. The van der Waals surface area contributed by atoms with E-state index >= 15 is 0 Å². The molecule has 0 aliphatic carbocycles. The minimum Gasteiger partial charge on any atom is -0.484 e. The number of carbonyl (C=O) groups excluding carboxylic acids is 2. The molecule has 0 aromatic heterocycles. The first-order valence-electron chi connectivity index (χ1n) is 12.7. The van der Waals surface area contributed by atoms with Crippen LogP contribution in [0.15, 0.2) is 108 Å². The van der Waals surface area contributed by atoms with Crippen LogP contribution >= 0.6 is 0 Å². The number of hydrazone groups is 1. The number of rotatable bonds is 11. The standard InChI is InChI=1S/C31H30N4O5S/c1-23-8-16-27(17-9-23)33-30(36)22-40-29-18-12-24(13-19-29)20-32-34-31(37)26-14-10-25(11-15-26)21-35(41(2,38)39)28-6-4-3-5-7-28/h3-20H,21-22H2,1-2H3,(H,33,36)(H,34,37)/b32-20-. The van der Waals surface area contributed by atoms with Crippen LogP contribution in [0.3, 0.4) is 0 Å². The van der Waals surface area contributed by atoms with Gasteiger partial charge in [-0.2, -0.15) is 5.10 Å². The van der Waals surface area contributed by atoms with Gasteiger partial charge in [0.2, 0.25) is 10.0 Å². The van der Waals surface area contributed by atoms with Gasteiger partial charge in [0, 0.05) is 11.3 Å². The molecule has 0 atom stereocenters. The summed E-state index contributed by atoms with van der Waals surface area (Å²) >= 11 is 0. The minimum atomic E-state index is -3.49. The van der Waals surface area contributed by atoms with E-state index in [2.05, 4.69) is 15.8 Å². The van der Waals surface area contributed by atoms with Gasteiger partial charge in [0.1, 0.15) is 5.75 Å². The van der Waals surface area contributed by atoms with Crippen LogP contribution in [0.4, 0.5) is 11.4 Å². The second-order valence-corrected chi connectivity index (χ2v) is 11.2. The number of carbonyl (C=O) groups is 2. The molecular formula is C31H30N4O5S. The molecule has 0 radical (unpaired) electrons. The third-order valence-corrected chi connectivity index (χ3v) is 7.09. The highest BCUT2D eigenvalue weighted by atomic mass is 32.2. The number of para-hydroxylation sites is 1. The van der Waals surface area contributed by atoms with Crippen LogP contribution in [0, 0.1) is 6.92 Å². The first-order chi connectivity index (χ1) is 19.7. The number of hydrogen-bond acceptors (Lipinski definition) is 6. The molecule has 4 aromatic carbocycles. The van der Waals surface area contributed by atoms with E-state index in [-0.39, 0.29) is 19.1 Å². The van der Waals surface area contributed by atoms with Gasteiger partial charge in [0.05, 0.1) is 24.7 Å². The van der Waals surface area contributed by atoms with Gasteiger partial charge in [0.25, 0.3) is 11.8 Å². The molecule has 0 saturated carbocycles. The zero-order chi connectivity index (χ0) is 29.2. The van der Waals surface area contributed by atoms with Crippen LogP contribution in [0.25, 0.3) is 0 Å². The predicted octanol–water partition coefficient (Wildman–Crippen LogP) is 4.74. The fourth-order valence-electron chi connectivity index (χ4n) is 3.78. The SMILES string of the molecule is Cc1ccc(NC(=O)COc2ccc(/C=N\NC(=O)c3ccc(CN(c4ccccc4)S(C)(=O)=O)cc3)cc2)cc1. The molecule has 0 saturated heterocycles. The van der Waals surface area contributed by atoms with E-state index in [4.69, 9.17) is 4.74 Å². The van der Waals surface area contributed by atoms with Crippen LogP contribution in [0.1, 0.15) is 27.0 Å². The molecule has 0 spiro atoms. The highest BCUT2D eigenvalue weighted by Crippen LogP contribution is 2.20. The lowest BCUT2D eigenvalue weighted by atomic mass is 10.1. The number of sulfonamides is 1. The summed E-state index contributed by atoms with van der Waals surface area (Å²) in [5, 5.41) is 6.78. The number of nitrogens with one attached hydrogen (secondary N) is 2. The molecule has 0 aliphatic heterocycles. The van der Waals surface area contributed by atoms with Crippen molar-refractivity contribution >= 4 is 39.4 Å². The number of aryl methyl sites for hydroxylation is 1. The zero-order valence-electron chi connectivity index (χ0n) is 22.7. The molecule has 4 rings (SSSR count). The van der Waals surface area contributed by atoms with E-state index in [0.717, 1.165) is 22.9 Å². The Kier molecular flexibility index (Phi) is 9.49. The van der Waals surface area contributed by atoms with E-state index in [1.165, 1.54) is 10.5 Å². The maximum atomic E-state index is 12.5. The Labute approximate surface area is 239 Å². The lowest BCUT2D eigenvalue weighted by Gasteiger charge is -2.22. The third-order valence-electron chi connectivity index (χ3n) is 5.95. The smallest absolute Gasteiger partial charge is 0.271 e. The Morgan fingerprint density at radius 2 is 1.54 bits per heavy atom. The fraction of sp³-hybridized carbons (Fsp3) is 0.129. The van der Waals surface area contributed by atoms with E-state index in [9.17, 15) is 18.0 Å². The van der Waals surface area contributed by atoms with Crippen molar-refractivity contribution in [1.82, 2.24) is 5.43 Å². The Balaban J connectivity index is 1.26. The molecule has 0 heterocycles. The van der Waals surface area contributed by atoms with Gasteiger partial charge in [-0.15, -0.1) is 0 Å². The number of anilines is 2. The van der Waals surface area contributed by atoms with Gasteiger partial charge in [-0.05, 0) is 78.7 Å². The lowest BCUT2D eigenvalue weighted by molar-refractivity contribution is -0.118. The molecule has 2 N–H and O–H groups in total. The van der Waals surface area contributed by atoms with Crippen molar-refractivity contribution in [1.29, 1.82) is 0 Å². The molecule has 0 unspecified atom stereocenters. The quantitative estimate of drug-likeness (QED) is 0.200. The van der Waals surface area contributed by atoms with E-state index < -0.39 is 15.9 Å². The summed E-state index contributed by atoms with van der Waals surface area (Å²) in [7, 11) is -3.49. The van der Waals surface area contributed by atoms with Crippen molar-refractivity contribution in [3.63, 3.8) is 0 Å². The summed E-state index contributed by atoms with van der Waals surface area (Å²) < 4.78 is 31.5. The summed E-state index contributed by atoms with van der Waals surface area (Å²) in [6, 6.07) is 29.9. The van der Waals surface area contributed by atoms with Crippen molar-refractivity contribution < 1.29 is 22.7 Å². The van der Waals surface area contributed by atoms with Crippen molar-refractivity contribution in [3.05, 3.63) is 125 Å². The molecule has 4 aromatic rings. The summed E-state index contributed by atoms with van der Waals surface area (Å²) in [5.41, 5.74) is 6.69. The topological polar surface area (TPSA) is 117 Å². The Hall–Kier alpha value is -4.96. The maximum absolute atomic E-state index is 12.5. The van der Waals surface area contributed by atoms with Crippen LogP contribution < -0.4 is 19.8 Å². The molecule has 10 heteroatoms. The average Bonchev–Trinajstić information content (AvgIpc) is 2.97. The molecular weight excluding hydrogens is 540 g/mol. The second kappa shape index (κ2) is 13.4. The van der Waals surface area contributed by atoms with Gasteiger partial charge in [0.15, 0.2) is 6.61 Å². The first kappa shape index (κ1) is 29.0. The highest BCUT2D eigenvalue weighted by Gasteiger charge is 2.17. The molecule has 0 bridgehead atoms. The fourth-order valence-corrected chi connectivity index (χ4v) is 4.67. The Morgan fingerprint density at radius 1 is 0.878 bits per heavy atom. The normalized spacial score (nSPS) is 11.2. The minimum absolute atomic E-state index is 0.130. The summed E-state index contributed by atoms with van der Waals surface area (Å²) in [6.07, 6.45) is 2.65. The van der Waals surface area contributed by atoms with Crippen LogP contribution in [0.5, 0.6) is 5.75 Å². The number of amides is 2. The van der Waals surface area contributed by atoms with E-state index in [1.54, 1.807) is 72.8 Å². The molecule has 0 fully saturated rings. The van der Waals surface area contributed by atoms with Crippen molar-refractivity contribution in [3.8, 4) is 5.75 Å². The van der Waals surface area contributed by atoms with Gasteiger partial charge in [-0.1, -0.05) is 48.0 Å². The molecule has 41 heavy (non-hydrogen) atoms. The van der Waals surface area contributed by atoms with Gasteiger partial charge in [-0.25, -0.2) is 13.8 Å². The Bertz CT molecular complexity index is 1600. The summed E-state index contributed by atoms with van der Waals surface area (Å²) in [4.78, 5) is 24.6. The number of hydrogen-bond donors (Lipinski definition) is 2. The average molecular weight is 571 g/mol. The van der Waals surface area contributed by atoms with Crippen LogP contribution in [-0.4, -0.2) is 39.3 Å². The number of ether oxygens (including phenoxy) is 1. The van der Waals surface area contributed by atoms with Crippen molar-refractivity contribution in [2.45, 2.75) is 13.5 Å². The van der Waals surface area contributed by atoms with E-state index in [0.29, 0.717) is 22.7 Å². The summed E-state index contributed by atoms with van der Waals surface area (Å²) in [6.45, 7) is 1.98. The van der Waals surface area contributed by atoms with Crippen molar-refractivity contribution in [2.24, 2.45) is 5.10 Å². The predicted molar refractivity (Wildman–Crippen MR) is 161 cm³/mol. The van der Waals surface area contributed by atoms with Crippen molar-refractivity contribution in [2.75, 3.05) is 22.5 Å². The third kappa shape index (κ3) is 8.77. The molecule has 210 valence electrons. The second-order valence-electron chi connectivity index (χ2n) is 9.27. The lowest BCUT2D eigenvalue weighted by Crippen LogP contribution is -2.29. The van der Waals surface area contributed by atoms with Gasteiger partial charge in [-0.3, -0.25) is 13.9 Å². The summed E-state index contributed by atoms with van der Waals surface area (Å²) in [5.74, 6) is -0.151. The number of nitrogens with zero attached hydrogens (tertiary/aromatic N) is 2. The highest BCUT2D eigenvalue weighted by molar-refractivity contribution is 7.92. The van der Waals surface area contributed by atoms with Gasteiger partial charge < -0.3 is 10.1 Å².